The highest BCUT2D eigenvalue weighted by Crippen LogP contribution is 2.20. The molecule has 5 heteroatoms. The van der Waals surface area contributed by atoms with Crippen molar-refractivity contribution in [2.45, 2.75) is 6.92 Å². The number of hydrogen-bond donors (Lipinski definition) is 1. The molecule has 0 radical (unpaired) electrons. The molecule has 3 rings (SSSR count). The van der Waals surface area contributed by atoms with Crippen LogP contribution in [-0.2, 0) is 0 Å². The van der Waals surface area contributed by atoms with E-state index in [1.807, 2.05) is 31.3 Å². The van der Waals surface area contributed by atoms with Crippen molar-refractivity contribution in [2.75, 3.05) is 5.73 Å². The van der Waals surface area contributed by atoms with E-state index in [1.165, 1.54) is 6.33 Å². The summed E-state index contributed by atoms with van der Waals surface area (Å²) in [7, 11) is 0. The summed E-state index contributed by atoms with van der Waals surface area (Å²) in [5.74, 6) is 0.746. The van der Waals surface area contributed by atoms with Gasteiger partial charge < -0.3 is 5.73 Å². The molecule has 5 nitrogen and oxygen atoms in total. The van der Waals surface area contributed by atoms with E-state index in [0.717, 1.165) is 22.3 Å². The molecule has 0 aliphatic rings. The second-order valence-corrected chi connectivity index (χ2v) is 3.94. The summed E-state index contributed by atoms with van der Waals surface area (Å²) < 4.78 is 1.73. The third-order valence-corrected chi connectivity index (χ3v) is 2.57. The summed E-state index contributed by atoms with van der Waals surface area (Å²) in [5.41, 5.74) is 8.43. The summed E-state index contributed by atoms with van der Waals surface area (Å²) in [6.07, 6.45) is 5.25. The third kappa shape index (κ3) is 1.61. The van der Waals surface area contributed by atoms with Crippen LogP contribution in [0, 0.1) is 6.92 Å². The van der Waals surface area contributed by atoms with E-state index in [1.54, 1.807) is 10.9 Å². The Hall–Kier alpha value is -2.43. The molecule has 2 heterocycles. The molecule has 0 atom stereocenters. The SMILES string of the molecule is Cc1cnn(-c2ncnc3ccc(N)cc23)c1. The van der Waals surface area contributed by atoms with Gasteiger partial charge in [0.2, 0.25) is 0 Å². The lowest BCUT2D eigenvalue weighted by atomic mass is 10.2. The van der Waals surface area contributed by atoms with Gasteiger partial charge >= 0.3 is 0 Å². The fraction of sp³-hybridized carbons (Fsp3) is 0.0833. The second kappa shape index (κ2) is 3.55. The standard InChI is InChI=1S/C12H11N5/c1-8-5-16-17(6-8)12-10-4-9(13)2-3-11(10)14-7-15-12/h2-7H,13H2,1H3. The average Bonchev–Trinajstić information content (AvgIpc) is 2.75. The van der Waals surface area contributed by atoms with Crippen LogP contribution in [0.1, 0.15) is 5.56 Å². The van der Waals surface area contributed by atoms with Crippen molar-refractivity contribution in [1.82, 2.24) is 19.7 Å². The van der Waals surface area contributed by atoms with Crippen LogP contribution in [0.3, 0.4) is 0 Å². The number of nitrogens with zero attached hydrogens (tertiary/aromatic N) is 4. The van der Waals surface area contributed by atoms with Crippen molar-refractivity contribution in [3.63, 3.8) is 0 Å². The van der Waals surface area contributed by atoms with Crippen molar-refractivity contribution >= 4 is 16.6 Å². The maximum Gasteiger partial charge on any atom is 0.164 e. The molecular formula is C12H11N5. The number of aromatic nitrogens is 4. The average molecular weight is 225 g/mol. The minimum absolute atomic E-state index is 0.692. The van der Waals surface area contributed by atoms with Gasteiger partial charge in [0.25, 0.3) is 0 Å². The molecule has 3 aromatic rings. The molecule has 1 aromatic carbocycles. The monoisotopic (exact) mass is 225 g/mol. The molecule has 2 aromatic heterocycles. The first kappa shape index (κ1) is 9.77. The molecule has 0 saturated heterocycles. The van der Waals surface area contributed by atoms with Crippen molar-refractivity contribution in [3.8, 4) is 5.82 Å². The smallest absolute Gasteiger partial charge is 0.164 e. The Morgan fingerprint density at radius 1 is 1.24 bits per heavy atom. The Bertz CT molecular complexity index is 686. The van der Waals surface area contributed by atoms with Crippen LogP contribution in [0.4, 0.5) is 5.69 Å². The molecule has 0 spiro atoms. The van der Waals surface area contributed by atoms with Gasteiger partial charge in [-0.25, -0.2) is 14.6 Å². The number of fused-ring (bicyclic) bond motifs is 1. The van der Waals surface area contributed by atoms with Gasteiger partial charge in [0, 0.05) is 17.3 Å². The summed E-state index contributed by atoms with van der Waals surface area (Å²) in [6, 6.07) is 5.57. The van der Waals surface area contributed by atoms with Gasteiger partial charge in [-0.2, -0.15) is 5.10 Å². The predicted molar refractivity (Wildman–Crippen MR) is 65.8 cm³/mol. The van der Waals surface area contributed by atoms with Crippen LogP contribution in [-0.4, -0.2) is 19.7 Å². The Kier molecular flexibility index (Phi) is 2.04. The van der Waals surface area contributed by atoms with E-state index in [0.29, 0.717) is 5.69 Å². The zero-order chi connectivity index (χ0) is 11.8. The molecule has 0 bridgehead atoms. The summed E-state index contributed by atoms with van der Waals surface area (Å²) in [5, 5.41) is 5.15. The fourth-order valence-electron chi connectivity index (χ4n) is 1.77. The minimum atomic E-state index is 0.692. The highest BCUT2D eigenvalue weighted by molar-refractivity contribution is 5.87. The molecule has 84 valence electrons. The maximum absolute atomic E-state index is 5.79. The second-order valence-electron chi connectivity index (χ2n) is 3.94. The van der Waals surface area contributed by atoms with E-state index in [9.17, 15) is 0 Å². The van der Waals surface area contributed by atoms with Crippen LogP contribution in [0.25, 0.3) is 16.7 Å². The Morgan fingerprint density at radius 2 is 2.12 bits per heavy atom. The predicted octanol–water partition coefficient (Wildman–Crippen LogP) is 1.71. The van der Waals surface area contributed by atoms with E-state index < -0.39 is 0 Å². The van der Waals surface area contributed by atoms with Gasteiger partial charge in [0.15, 0.2) is 5.82 Å². The van der Waals surface area contributed by atoms with Gasteiger partial charge in [-0.15, -0.1) is 0 Å². The molecule has 17 heavy (non-hydrogen) atoms. The number of hydrogen-bond acceptors (Lipinski definition) is 4. The lowest BCUT2D eigenvalue weighted by molar-refractivity contribution is 0.850. The largest absolute Gasteiger partial charge is 0.399 e. The topological polar surface area (TPSA) is 69.6 Å². The van der Waals surface area contributed by atoms with Crippen molar-refractivity contribution in [2.24, 2.45) is 0 Å². The molecule has 0 unspecified atom stereocenters. The van der Waals surface area contributed by atoms with Crippen LogP contribution >= 0.6 is 0 Å². The van der Waals surface area contributed by atoms with E-state index >= 15 is 0 Å². The number of rotatable bonds is 1. The summed E-state index contributed by atoms with van der Waals surface area (Å²) in [6.45, 7) is 1.99. The highest BCUT2D eigenvalue weighted by Gasteiger charge is 2.06. The number of anilines is 1. The molecule has 2 N–H and O–H groups in total. The zero-order valence-corrected chi connectivity index (χ0v) is 9.33. The van der Waals surface area contributed by atoms with Crippen LogP contribution in [0.5, 0.6) is 0 Å². The van der Waals surface area contributed by atoms with Gasteiger partial charge in [0.05, 0.1) is 11.7 Å². The van der Waals surface area contributed by atoms with Crippen molar-refractivity contribution in [3.05, 3.63) is 42.5 Å². The Labute approximate surface area is 97.9 Å². The number of nitrogen functional groups attached to an aromatic ring is 1. The first-order chi connectivity index (χ1) is 8.24. The number of benzene rings is 1. The quantitative estimate of drug-likeness (QED) is 0.640. The highest BCUT2D eigenvalue weighted by atomic mass is 15.3. The number of aryl methyl sites for hydroxylation is 1. The van der Waals surface area contributed by atoms with Crippen molar-refractivity contribution in [1.29, 1.82) is 0 Å². The van der Waals surface area contributed by atoms with Gasteiger partial charge in [-0.05, 0) is 30.7 Å². The molecule has 0 saturated carbocycles. The van der Waals surface area contributed by atoms with E-state index in [2.05, 4.69) is 15.1 Å². The van der Waals surface area contributed by atoms with Gasteiger partial charge in [-0.1, -0.05) is 0 Å². The lowest BCUT2D eigenvalue weighted by Crippen LogP contribution is -2.00. The molecular weight excluding hydrogens is 214 g/mol. The molecule has 0 amide bonds. The fourth-order valence-corrected chi connectivity index (χ4v) is 1.77. The van der Waals surface area contributed by atoms with E-state index in [-0.39, 0.29) is 0 Å². The Morgan fingerprint density at radius 3 is 2.88 bits per heavy atom. The first-order valence-electron chi connectivity index (χ1n) is 5.26. The van der Waals surface area contributed by atoms with Crippen LogP contribution < -0.4 is 5.73 Å². The summed E-state index contributed by atoms with van der Waals surface area (Å²) >= 11 is 0. The van der Waals surface area contributed by atoms with Crippen molar-refractivity contribution < 1.29 is 0 Å². The molecule has 0 aliphatic heterocycles. The third-order valence-electron chi connectivity index (χ3n) is 2.57. The minimum Gasteiger partial charge on any atom is -0.399 e. The molecule has 0 aliphatic carbocycles. The van der Waals surface area contributed by atoms with Gasteiger partial charge in [-0.3, -0.25) is 0 Å². The van der Waals surface area contributed by atoms with Gasteiger partial charge in [0.1, 0.15) is 6.33 Å². The van der Waals surface area contributed by atoms with Crippen LogP contribution in [0.2, 0.25) is 0 Å². The lowest BCUT2D eigenvalue weighted by Gasteiger charge is -2.05. The number of nitrogens with two attached hydrogens (primary N) is 1. The van der Waals surface area contributed by atoms with Crippen LogP contribution in [0.15, 0.2) is 36.9 Å². The summed E-state index contributed by atoms with van der Waals surface area (Å²) in [4.78, 5) is 8.47. The normalized spacial score (nSPS) is 10.9. The Balaban J connectivity index is 2.32. The maximum atomic E-state index is 5.79. The zero-order valence-electron chi connectivity index (χ0n) is 9.33. The molecule has 0 fully saturated rings. The first-order valence-corrected chi connectivity index (χ1v) is 5.26. The van der Waals surface area contributed by atoms with E-state index in [4.69, 9.17) is 5.73 Å².